The second kappa shape index (κ2) is 5.81. The van der Waals surface area contributed by atoms with Crippen LogP contribution in [-0.4, -0.2) is 45.8 Å². The molecule has 1 aliphatic heterocycles. The molecule has 1 aliphatic rings. The summed E-state index contributed by atoms with van der Waals surface area (Å²) in [6.45, 7) is 2.90. The van der Waals surface area contributed by atoms with Gasteiger partial charge in [-0.3, -0.25) is 4.79 Å². The van der Waals surface area contributed by atoms with Crippen LogP contribution in [0.2, 0.25) is 0 Å². The summed E-state index contributed by atoms with van der Waals surface area (Å²) in [5.41, 5.74) is 6.22. The first-order valence-electron chi connectivity index (χ1n) is 6.92. The largest absolute Gasteiger partial charge is 0.508 e. The number of benzene rings is 1. The fourth-order valence-corrected chi connectivity index (χ4v) is 2.42. The number of nitrogens with two attached hydrogens (primary N) is 1. The maximum Gasteiger partial charge on any atom is 0.239 e. The van der Waals surface area contributed by atoms with Gasteiger partial charge in [-0.1, -0.05) is 12.1 Å². The van der Waals surface area contributed by atoms with E-state index in [0.717, 1.165) is 5.56 Å². The average molecular weight is 278 g/mol. The Labute approximate surface area is 119 Å². The van der Waals surface area contributed by atoms with Crippen LogP contribution in [0.5, 0.6) is 5.75 Å². The Balaban J connectivity index is 1.90. The molecule has 0 unspecified atom stereocenters. The van der Waals surface area contributed by atoms with Crippen molar-refractivity contribution >= 4 is 5.91 Å². The standard InChI is InChI=1S/C15H22N2O3/c1-15(20)6-8-17(9-7-15)14(19)13(16)10-11-2-4-12(18)5-3-11/h2-5,13,18,20H,6-10,16H2,1H3/t13-/m0/s1. The number of carbonyl (C=O) groups excluding carboxylic acids is 1. The van der Waals surface area contributed by atoms with Gasteiger partial charge in [-0.15, -0.1) is 0 Å². The van der Waals surface area contributed by atoms with Gasteiger partial charge in [-0.2, -0.15) is 0 Å². The van der Waals surface area contributed by atoms with Crippen LogP contribution in [0.1, 0.15) is 25.3 Å². The van der Waals surface area contributed by atoms with E-state index in [0.29, 0.717) is 32.4 Å². The molecular formula is C15H22N2O3. The zero-order valence-corrected chi connectivity index (χ0v) is 11.7. The Kier molecular flexibility index (Phi) is 4.30. The Hall–Kier alpha value is -1.59. The van der Waals surface area contributed by atoms with Gasteiger partial charge in [-0.25, -0.2) is 0 Å². The first-order valence-corrected chi connectivity index (χ1v) is 6.92. The highest BCUT2D eigenvalue weighted by Gasteiger charge is 2.31. The number of phenols is 1. The quantitative estimate of drug-likeness (QED) is 0.757. The van der Waals surface area contributed by atoms with Crippen LogP contribution in [0.25, 0.3) is 0 Å². The number of rotatable bonds is 3. The fourth-order valence-electron chi connectivity index (χ4n) is 2.42. The second-order valence-electron chi connectivity index (χ2n) is 5.80. The molecule has 20 heavy (non-hydrogen) atoms. The highest BCUT2D eigenvalue weighted by Crippen LogP contribution is 2.21. The number of nitrogens with zero attached hydrogens (tertiary/aromatic N) is 1. The molecule has 4 N–H and O–H groups in total. The molecule has 5 heteroatoms. The minimum absolute atomic E-state index is 0.0754. The molecule has 0 saturated carbocycles. The molecule has 110 valence electrons. The van der Waals surface area contributed by atoms with E-state index >= 15 is 0 Å². The van der Waals surface area contributed by atoms with Crippen LogP contribution in [-0.2, 0) is 11.2 Å². The number of hydrogen-bond acceptors (Lipinski definition) is 4. The lowest BCUT2D eigenvalue weighted by molar-refractivity contribution is -0.136. The second-order valence-corrected chi connectivity index (χ2v) is 5.80. The molecule has 1 amide bonds. The lowest BCUT2D eigenvalue weighted by atomic mass is 9.93. The van der Waals surface area contributed by atoms with Crippen molar-refractivity contribution in [3.8, 4) is 5.75 Å². The Morgan fingerprint density at radius 1 is 1.35 bits per heavy atom. The van der Waals surface area contributed by atoms with Crippen molar-refractivity contribution in [3.63, 3.8) is 0 Å². The van der Waals surface area contributed by atoms with Crippen LogP contribution in [0.4, 0.5) is 0 Å². The third kappa shape index (κ3) is 3.71. The van der Waals surface area contributed by atoms with Gasteiger partial charge in [0.2, 0.25) is 5.91 Å². The lowest BCUT2D eigenvalue weighted by Crippen LogP contribution is -2.51. The van der Waals surface area contributed by atoms with Crippen molar-refractivity contribution in [1.82, 2.24) is 4.90 Å². The van der Waals surface area contributed by atoms with Gasteiger partial charge in [-0.05, 0) is 43.9 Å². The van der Waals surface area contributed by atoms with Crippen molar-refractivity contribution in [2.75, 3.05) is 13.1 Å². The highest BCUT2D eigenvalue weighted by molar-refractivity contribution is 5.82. The molecule has 1 heterocycles. The topological polar surface area (TPSA) is 86.8 Å². The van der Waals surface area contributed by atoms with Gasteiger partial charge in [0.1, 0.15) is 5.75 Å². The number of carbonyl (C=O) groups is 1. The van der Waals surface area contributed by atoms with Crippen LogP contribution < -0.4 is 5.73 Å². The smallest absolute Gasteiger partial charge is 0.239 e. The predicted octanol–water partition coefficient (Wildman–Crippen LogP) is 0.635. The molecule has 0 radical (unpaired) electrons. The van der Waals surface area contributed by atoms with Gasteiger partial charge in [0, 0.05) is 13.1 Å². The van der Waals surface area contributed by atoms with E-state index in [9.17, 15) is 15.0 Å². The van der Waals surface area contributed by atoms with Crippen molar-refractivity contribution < 1.29 is 15.0 Å². The van der Waals surface area contributed by atoms with E-state index in [2.05, 4.69) is 0 Å². The summed E-state index contributed by atoms with van der Waals surface area (Å²) in [5, 5.41) is 19.1. The van der Waals surface area contributed by atoms with Crippen molar-refractivity contribution in [2.24, 2.45) is 5.73 Å². The van der Waals surface area contributed by atoms with E-state index in [1.165, 1.54) is 0 Å². The summed E-state index contributed by atoms with van der Waals surface area (Å²) in [6, 6.07) is 6.13. The number of hydrogen-bond donors (Lipinski definition) is 3. The van der Waals surface area contributed by atoms with E-state index < -0.39 is 11.6 Å². The molecule has 0 bridgehead atoms. The molecule has 1 aromatic rings. The number of aliphatic hydroxyl groups is 1. The van der Waals surface area contributed by atoms with Gasteiger partial charge in [0.05, 0.1) is 11.6 Å². The third-order valence-corrected chi connectivity index (χ3v) is 3.86. The Morgan fingerprint density at radius 2 is 1.90 bits per heavy atom. The minimum atomic E-state index is -0.669. The fraction of sp³-hybridized carbons (Fsp3) is 0.533. The maximum absolute atomic E-state index is 12.3. The lowest BCUT2D eigenvalue weighted by Gasteiger charge is -2.36. The maximum atomic E-state index is 12.3. The number of likely N-dealkylation sites (tertiary alicyclic amines) is 1. The first kappa shape index (κ1) is 14.8. The van der Waals surface area contributed by atoms with Gasteiger partial charge < -0.3 is 20.8 Å². The molecule has 5 nitrogen and oxygen atoms in total. The SMILES string of the molecule is CC1(O)CCN(C(=O)[C@@H](N)Cc2ccc(O)cc2)CC1. The summed E-state index contributed by atoms with van der Waals surface area (Å²) in [5.74, 6) is 0.125. The zero-order valence-electron chi connectivity index (χ0n) is 11.7. The summed E-state index contributed by atoms with van der Waals surface area (Å²) in [6.07, 6.45) is 1.63. The first-order chi connectivity index (χ1) is 9.37. The Morgan fingerprint density at radius 3 is 2.45 bits per heavy atom. The molecular weight excluding hydrogens is 256 g/mol. The van der Waals surface area contributed by atoms with Crippen LogP contribution in [0.15, 0.2) is 24.3 Å². The summed E-state index contributed by atoms with van der Waals surface area (Å²) < 4.78 is 0. The van der Waals surface area contributed by atoms with Crippen LogP contribution in [0, 0.1) is 0 Å². The van der Waals surface area contributed by atoms with E-state index in [1.807, 2.05) is 0 Å². The van der Waals surface area contributed by atoms with Gasteiger partial charge in [0.25, 0.3) is 0 Å². The summed E-state index contributed by atoms with van der Waals surface area (Å²) in [7, 11) is 0. The molecule has 0 aliphatic carbocycles. The molecule has 1 fully saturated rings. The number of aromatic hydroxyl groups is 1. The zero-order chi connectivity index (χ0) is 14.8. The third-order valence-electron chi connectivity index (χ3n) is 3.86. The van der Waals surface area contributed by atoms with E-state index in [1.54, 1.807) is 36.1 Å². The molecule has 2 rings (SSSR count). The molecule has 1 aromatic carbocycles. The minimum Gasteiger partial charge on any atom is -0.508 e. The predicted molar refractivity (Wildman–Crippen MR) is 76.2 cm³/mol. The van der Waals surface area contributed by atoms with Gasteiger partial charge in [0.15, 0.2) is 0 Å². The summed E-state index contributed by atoms with van der Waals surface area (Å²) in [4.78, 5) is 14.0. The number of piperidine rings is 1. The average Bonchev–Trinajstić information content (AvgIpc) is 2.40. The van der Waals surface area contributed by atoms with E-state index in [4.69, 9.17) is 5.73 Å². The van der Waals surface area contributed by atoms with Crippen LogP contribution in [0.3, 0.4) is 0 Å². The highest BCUT2D eigenvalue weighted by atomic mass is 16.3. The molecule has 1 saturated heterocycles. The van der Waals surface area contributed by atoms with Crippen LogP contribution >= 0.6 is 0 Å². The monoisotopic (exact) mass is 278 g/mol. The number of amides is 1. The van der Waals surface area contributed by atoms with E-state index in [-0.39, 0.29) is 11.7 Å². The summed E-state index contributed by atoms with van der Waals surface area (Å²) >= 11 is 0. The van der Waals surface area contributed by atoms with Gasteiger partial charge >= 0.3 is 0 Å². The Bertz CT molecular complexity index is 461. The number of phenolic OH excluding ortho intramolecular Hbond substituents is 1. The molecule has 0 spiro atoms. The van der Waals surface area contributed by atoms with Crippen molar-refractivity contribution in [3.05, 3.63) is 29.8 Å². The molecule has 1 atom stereocenters. The van der Waals surface area contributed by atoms with Crippen molar-refractivity contribution in [1.29, 1.82) is 0 Å². The van der Waals surface area contributed by atoms with Crippen molar-refractivity contribution in [2.45, 2.75) is 37.8 Å². The normalized spacial score (nSPS) is 19.6. The molecule has 0 aromatic heterocycles.